The fraction of sp³-hybridized carbons (Fsp3) is 0.300. The van der Waals surface area contributed by atoms with Crippen LogP contribution in [0.1, 0.15) is 46.0 Å². The van der Waals surface area contributed by atoms with Crippen molar-refractivity contribution in [2.45, 2.75) is 27.7 Å². The zero-order valence-electron chi connectivity index (χ0n) is 17.9. The zero-order chi connectivity index (χ0) is 23.4. The van der Waals surface area contributed by atoms with Gasteiger partial charge in [0.15, 0.2) is 11.3 Å². The third-order valence-corrected chi connectivity index (χ3v) is 4.49. The molecule has 32 heavy (non-hydrogen) atoms. The van der Waals surface area contributed by atoms with Crippen LogP contribution in [0.15, 0.2) is 29.3 Å². The highest BCUT2D eigenvalue weighted by molar-refractivity contribution is 6.29. The van der Waals surface area contributed by atoms with Gasteiger partial charge in [-0.25, -0.2) is 23.6 Å². The van der Waals surface area contributed by atoms with Crippen LogP contribution in [0.5, 0.6) is 0 Å². The molecule has 0 fully saturated rings. The fourth-order valence-electron chi connectivity index (χ4n) is 2.98. The average Bonchev–Trinajstić information content (AvgIpc) is 3.23. The van der Waals surface area contributed by atoms with Crippen molar-refractivity contribution in [1.82, 2.24) is 29.2 Å². The van der Waals surface area contributed by atoms with Crippen LogP contribution in [0.25, 0.3) is 11.3 Å². The van der Waals surface area contributed by atoms with Gasteiger partial charge in [0, 0.05) is 18.5 Å². The van der Waals surface area contributed by atoms with Crippen molar-refractivity contribution in [1.29, 1.82) is 0 Å². The number of H-pyrrole nitrogens is 1. The van der Waals surface area contributed by atoms with Crippen molar-refractivity contribution in [3.8, 4) is 0 Å². The minimum absolute atomic E-state index is 0.280. The fourth-order valence-corrected chi connectivity index (χ4v) is 3.12. The molecule has 0 saturated heterocycles. The molecule has 11 nitrogen and oxygen atoms in total. The number of hydrogen-bond acceptors (Lipinski definition) is 8. The zero-order valence-corrected chi connectivity index (χ0v) is 18.6. The predicted octanol–water partition coefficient (Wildman–Crippen LogP) is 2.38. The third-order valence-electron chi connectivity index (χ3n) is 4.28. The predicted molar refractivity (Wildman–Crippen MR) is 115 cm³/mol. The van der Waals surface area contributed by atoms with Crippen molar-refractivity contribution < 1.29 is 19.1 Å². The maximum Gasteiger partial charge on any atom is 0.343 e. The van der Waals surface area contributed by atoms with Crippen molar-refractivity contribution in [2.75, 3.05) is 13.2 Å². The molecule has 0 atom stereocenters. The lowest BCUT2D eigenvalue weighted by Crippen LogP contribution is -2.10. The van der Waals surface area contributed by atoms with Gasteiger partial charge in [-0.05, 0) is 33.8 Å². The molecule has 4 heterocycles. The number of hydrogen-bond donors (Lipinski definition) is 1. The van der Waals surface area contributed by atoms with Crippen LogP contribution >= 0.6 is 11.6 Å². The summed E-state index contributed by atoms with van der Waals surface area (Å²) >= 11 is 5.78. The highest BCUT2D eigenvalue weighted by atomic mass is 35.5. The summed E-state index contributed by atoms with van der Waals surface area (Å²) in [5.74, 6) is -0.901. The number of halogens is 1. The van der Waals surface area contributed by atoms with E-state index < -0.39 is 11.9 Å². The van der Waals surface area contributed by atoms with Crippen LogP contribution in [0, 0.1) is 13.8 Å². The Balaban J connectivity index is 0.000000181. The summed E-state index contributed by atoms with van der Waals surface area (Å²) < 4.78 is 12.8. The molecular formula is C20H21ClN6O5. The van der Waals surface area contributed by atoms with Crippen molar-refractivity contribution >= 4 is 34.8 Å². The summed E-state index contributed by atoms with van der Waals surface area (Å²) in [5, 5.41) is 8.57. The van der Waals surface area contributed by atoms with E-state index in [2.05, 4.69) is 20.2 Å². The molecule has 4 aromatic rings. The van der Waals surface area contributed by atoms with Gasteiger partial charge in [0.1, 0.15) is 16.3 Å². The topological polar surface area (TPSA) is 133 Å². The van der Waals surface area contributed by atoms with E-state index in [4.69, 9.17) is 21.1 Å². The monoisotopic (exact) mass is 460 g/mol. The molecule has 0 bridgehead atoms. The Morgan fingerprint density at radius 3 is 2.19 bits per heavy atom. The lowest BCUT2D eigenvalue weighted by atomic mass is 10.2. The molecular weight excluding hydrogens is 440 g/mol. The van der Waals surface area contributed by atoms with Crippen LogP contribution in [-0.4, -0.2) is 54.3 Å². The van der Waals surface area contributed by atoms with Gasteiger partial charge < -0.3 is 14.5 Å². The number of aromatic amines is 1. The van der Waals surface area contributed by atoms with E-state index >= 15 is 0 Å². The Morgan fingerprint density at radius 2 is 1.53 bits per heavy atom. The molecule has 4 aromatic heterocycles. The lowest BCUT2D eigenvalue weighted by Gasteiger charge is -2.00. The number of aromatic nitrogens is 6. The molecule has 0 aromatic carbocycles. The van der Waals surface area contributed by atoms with Gasteiger partial charge in [0.25, 0.3) is 5.56 Å². The summed E-state index contributed by atoms with van der Waals surface area (Å²) in [7, 11) is 0. The van der Waals surface area contributed by atoms with E-state index in [-0.39, 0.29) is 12.2 Å². The summed E-state index contributed by atoms with van der Waals surface area (Å²) in [4.78, 5) is 41.2. The largest absolute Gasteiger partial charge is 0.462 e. The van der Waals surface area contributed by atoms with E-state index in [0.717, 1.165) is 0 Å². The number of nitrogens with one attached hydrogen (secondary N) is 1. The number of carbonyl (C=O) groups excluding carboxylic acids is 2. The molecule has 0 unspecified atom stereocenters. The van der Waals surface area contributed by atoms with Crippen LogP contribution < -0.4 is 5.56 Å². The number of fused-ring (bicyclic) bond motifs is 2. The van der Waals surface area contributed by atoms with E-state index in [9.17, 15) is 14.4 Å². The van der Waals surface area contributed by atoms with E-state index in [0.29, 0.717) is 45.6 Å². The number of nitrogens with zero attached hydrogens (tertiary/aromatic N) is 5. The third kappa shape index (κ3) is 4.62. The molecule has 0 aliphatic heterocycles. The number of carbonyl (C=O) groups is 2. The minimum atomic E-state index is -0.475. The van der Waals surface area contributed by atoms with Crippen molar-refractivity contribution in [3.05, 3.63) is 62.5 Å². The highest BCUT2D eigenvalue weighted by Crippen LogP contribution is 2.16. The van der Waals surface area contributed by atoms with E-state index in [1.54, 1.807) is 40.0 Å². The van der Waals surface area contributed by atoms with Gasteiger partial charge in [-0.2, -0.15) is 10.2 Å². The summed E-state index contributed by atoms with van der Waals surface area (Å²) in [6.07, 6.45) is 3.16. The van der Waals surface area contributed by atoms with Crippen LogP contribution in [0.4, 0.5) is 0 Å². The van der Waals surface area contributed by atoms with Crippen molar-refractivity contribution in [3.63, 3.8) is 0 Å². The standard InChI is InChI=1S/C10H10ClN3O2.C10H11N3O3/c1-3-16-10(15)8-6(2)13-14-5-4-7(11)12-9(8)14;1-3-16-10(15)8-6(2)12-13-5-4-7(14)11-9(8)13/h4-5H,3H2,1-2H3;4-5H,3H2,1-2H3,(H,11,14). The second-order valence-corrected chi connectivity index (χ2v) is 6.87. The molecule has 0 aliphatic carbocycles. The molecule has 4 rings (SSSR count). The molecule has 0 amide bonds. The molecule has 0 spiro atoms. The molecule has 0 saturated carbocycles. The Hall–Kier alpha value is -3.73. The average molecular weight is 461 g/mol. The summed E-state index contributed by atoms with van der Waals surface area (Å²) in [6, 6.07) is 2.95. The molecule has 0 aliphatic rings. The molecule has 168 valence electrons. The molecule has 12 heteroatoms. The van der Waals surface area contributed by atoms with Gasteiger partial charge in [0.05, 0.1) is 24.6 Å². The second-order valence-electron chi connectivity index (χ2n) is 6.48. The molecule has 1 N–H and O–H groups in total. The highest BCUT2D eigenvalue weighted by Gasteiger charge is 2.20. The first-order valence-electron chi connectivity index (χ1n) is 9.70. The van der Waals surface area contributed by atoms with Gasteiger partial charge in [-0.15, -0.1) is 0 Å². The molecule has 0 radical (unpaired) electrons. The second kappa shape index (κ2) is 9.60. The lowest BCUT2D eigenvalue weighted by molar-refractivity contribution is 0.0517. The van der Waals surface area contributed by atoms with Gasteiger partial charge in [-0.1, -0.05) is 11.6 Å². The Labute approximate surface area is 186 Å². The van der Waals surface area contributed by atoms with Crippen LogP contribution in [-0.2, 0) is 9.47 Å². The van der Waals surface area contributed by atoms with Crippen LogP contribution in [0.3, 0.4) is 0 Å². The van der Waals surface area contributed by atoms with Gasteiger partial charge >= 0.3 is 11.9 Å². The number of ether oxygens (including phenoxy) is 2. The summed E-state index contributed by atoms with van der Waals surface area (Å²) in [5.41, 5.74) is 2.28. The van der Waals surface area contributed by atoms with Crippen molar-refractivity contribution in [2.24, 2.45) is 0 Å². The Kier molecular flexibility index (Phi) is 6.89. The number of aryl methyl sites for hydroxylation is 2. The Morgan fingerprint density at radius 1 is 0.969 bits per heavy atom. The number of esters is 2. The SMILES string of the molecule is CCOC(=O)c1c(C)nn2ccc(=O)[nH]c12.CCOC(=O)c1c(C)nn2ccc(Cl)nc12. The minimum Gasteiger partial charge on any atom is -0.462 e. The van der Waals surface area contributed by atoms with Gasteiger partial charge in [-0.3, -0.25) is 4.79 Å². The Bertz CT molecular complexity index is 1360. The van der Waals surface area contributed by atoms with E-state index in [1.807, 2.05) is 0 Å². The van der Waals surface area contributed by atoms with Crippen LogP contribution in [0.2, 0.25) is 5.15 Å². The normalized spacial score (nSPS) is 10.7. The first kappa shape index (κ1) is 22.9. The number of rotatable bonds is 4. The van der Waals surface area contributed by atoms with Gasteiger partial charge in [0.2, 0.25) is 0 Å². The maximum atomic E-state index is 11.7. The smallest absolute Gasteiger partial charge is 0.343 e. The van der Waals surface area contributed by atoms with E-state index in [1.165, 1.54) is 21.3 Å². The quantitative estimate of drug-likeness (QED) is 0.362. The summed E-state index contributed by atoms with van der Waals surface area (Å²) in [6.45, 7) is 7.50. The first-order valence-corrected chi connectivity index (χ1v) is 10.1. The first-order chi connectivity index (χ1) is 15.3. The maximum absolute atomic E-state index is 11.7.